The molecule has 0 saturated carbocycles. The topological polar surface area (TPSA) is 61.4 Å². The van der Waals surface area contributed by atoms with Crippen molar-refractivity contribution in [1.82, 2.24) is 14.2 Å². The number of aryl methyl sites for hydroxylation is 2. The van der Waals surface area contributed by atoms with Crippen LogP contribution in [-0.2, 0) is 13.0 Å². The quantitative estimate of drug-likeness (QED) is 0.150. The van der Waals surface area contributed by atoms with Crippen LogP contribution >= 0.6 is 31.9 Å². The molecule has 0 atom stereocenters. The Morgan fingerprint density at radius 3 is 2.40 bits per heavy atom. The number of rotatable bonds is 9. The van der Waals surface area contributed by atoms with Crippen molar-refractivity contribution in [2.24, 2.45) is 5.10 Å². The van der Waals surface area contributed by atoms with E-state index in [1.54, 1.807) is 12.3 Å². The number of fused-ring (bicyclic) bond motifs is 1. The Labute approximate surface area is 250 Å². The van der Waals surface area contributed by atoms with Gasteiger partial charge in [0.15, 0.2) is 0 Å². The van der Waals surface area contributed by atoms with E-state index in [-0.39, 0.29) is 5.56 Å². The Morgan fingerprint density at radius 2 is 1.68 bits per heavy atom. The van der Waals surface area contributed by atoms with Crippen LogP contribution in [0.2, 0.25) is 0 Å². The molecule has 0 N–H and O–H groups in total. The second kappa shape index (κ2) is 12.4. The first-order chi connectivity index (χ1) is 19.3. The van der Waals surface area contributed by atoms with Gasteiger partial charge in [-0.05, 0) is 86.5 Å². The molecule has 0 bridgehead atoms. The van der Waals surface area contributed by atoms with Gasteiger partial charge in [0.05, 0.1) is 17.1 Å². The lowest BCUT2D eigenvalue weighted by Crippen LogP contribution is -2.22. The first-order valence-electron chi connectivity index (χ1n) is 13.3. The van der Waals surface area contributed by atoms with Crippen LogP contribution in [-0.4, -0.2) is 20.4 Å². The lowest BCUT2D eigenvalue weighted by atomic mass is 10.2. The van der Waals surface area contributed by atoms with Gasteiger partial charge >= 0.3 is 0 Å². The van der Waals surface area contributed by atoms with E-state index in [2.05, 4.69) is 80.5 Å². The zero-order chi connectivity index (χ0) is 28.2. The predicted molar refractivity (Wildman–Crippen MR) is 169 cm³/mol. The van der Waals surface area contributed by atoms with Gasteiger partial charge in [-0.15, -0.1) is 0 Å². The SMILES string of the molecule is CCCCc1nc2ccc(Br)cc2c(=O)n1N=Cc1cc(C)n(-c2ccc(OCc3ccc(Br)cc3)cc2)c1C. The highest BCUT2D eigenvalue weighted by molar-refractivity contribution is 9.10. The minimum absolute atomic E-state index is 0.166. The molecule has 0 fully saturated rings. The number of unbranched alkanes of at least 4 members (excludes halogenated alkanes) is 1. The molecular weight excluding hydrogens is 632 g/mol. The summed E-state index contributed by atoms with van der Waals surface area (Å²) in [5.41, 5.74) is 5.71. The molecule has 40 heavy (non-hydrogen) atoms. The van der Waals surface area contributed by atoms with Crippen molar-refractivity contribution in [3.8, 4) is 11.4 Å². The summed E-state index contributed by atoms with van der Waals surface area (Å²) in [6.07, 6.45) is 4.38. The normalized spacial score (nSPS) is 11.5. The molecule has 0 amide bonds. The van der Waals surface area contributed by atoms with Crippen LogP contribution in [0.4, 0.5) is 0 Å². The van der Waals surface area contributed by atoms with Crippen LogP contribution in [0.5, 0.6) is 5.75 Å². The summed E-state index contributed by atoms with van der Waals surface area (Å²) >= 11 is 6.93. The second-order valence-corrected chi connectivity index (χ2v) is 11.6. The zero-order valence-electron chi connectivity index (χ0n) is 22.7. The molecular formula is C32H30Br2N4O2. The van der Waals surface area contributed by atoms with Crippen LogP contribution in [0.25, 0.3) is 16.6 Å². The van der Waals surface area contributed by atoms with Crippen molar-refractivity contribution in [3.05, 3.63) is 120 Å². The smallest absolute Gasteiger partial charge is 0.282 e. The number of nitrogens with zero attached hydrogens (tertiary/aromatic N) is 4. The van der Waals surface area contributed by atoms with E-state index in [0.29, 0.717) is 29.8 Å². The summed E-state index contributed by atoms with van der Waals surface area (Å²) in [5.74, 6) is 1.48. The maximum atomic E-state index is 13.4. The number of benzene rings is 3. The van der Waals surface area contributed by atoms with E-state index in [4.69, 9.17) is 9.72 Å². The third-order valence-corrected chi connectivity index (χ3v) is 7.85. The van der Waals surface area contributed by atoms with Gasteiger partial charge < -0.3 is 9.30 Å². The predicted octanol–water partition coefficient (Wildman–Crippen LogP) is 8.13. The lowest BCUT2D eigenvalue weighted by Gasteiger charge is -2.12. The molecule has 0 aliphatic heterocycles. The van der Waals surface area contributed by atoms with E-state index in [1.807, 2.05) is 48.5 Å². The molecule has 0 radical (unpaired) electrons. The summed E-state index contributed by atoms with van der Waals surface area (Å²) in [6, 6.07) is 23.8. The molecule has 8 heteroatoms. The molecule has 5 rings (SSSR count). The van der Waals surface area contributed by atoms with Crippen LogP contribution < -0.4 is 10.3 Å². The van der Waals surface area contributed by atoms with Gasteiger partial charge in [-0.3, -0.25) is 4.79 Å². The maximum absolute atomic E-state index is 13.4. The number of halogens is 2. The van der Waals surface area contributed by atoms with E-state index < -0.39 is 0 Å². The van der Waals surface area contributed by atoms with Gasteiger partial charge in [-0.1, -0.05) is 57.3 Å². The van der Waals surface area contributed by atoms with Crippen molar-refractivity contribution in [1.29, 1.82) is 0 Å². The van der Waals surface area contributed by atoms with E-state index in [1.165, 1.54) is 4.68 Å². The fourth-order valence-electron chi connectivity index (χ4n) is 4.68. The highest BCUT2D eigenvalue weighted by Gasteiger charge is 2.13. The van der Waals surface area contributed by atoms with Gasteiger partial charge in [0, 0.05) is 38.0 Å². The fraction of sp³-hybridized carbons (Fsp3) is 0.219. The van der Waals surface area contributed by atoms with Crippen molar-refractivity contribution in [2.75, 3.05) is 0 Å². The molecule has 0 unspecified atom stereocenters. The Hall–Kier alpha value is -3.49. The maximum Gasteiger partial charge on any atom is 0.282 e. The second-order valence-electron chi connectivity index (χ2n) is 9.73. The van der Waals surface area contributed by atoms with Crippen molar-refractivity contribution < 1.29 is 4.74 Å². The molecule has 0 spiro atoms. The van der Waals surface area contributed by atoms with Gasteiger partial charge in [0.1, 0.15) is 18.2 Å². The summed E-state index contributed by atoms with van der Waals surface area (Å²) < 4.78 is 11.5. The van der Waals surface area contributed by atoms with E-state index in [0.717, 1.165) is 55.7 Å². The van der Waals surface area contributed by atoms with Gasteiger partial charge in [0.2, 0.25) is 0 Å². The first kappa shape index (κ1) is 28.1. The van der Waals surface area contributed by atoms with E-state index in [9.17, 15) is 4.79 Å². The molecule has 6 nitrogen and oxygen atoms in total. The minimum atomic E-state index is -0.166. The van der Waals surface area contributed by atoms with Crippen LogP contribution in [0, 0.1) is 13.8 Å². The molecule has 2 heterocycles. The molecule has 0 aliphatic rings. The fourth-order valence-corrected chi connectivity index (χ4v) is 5.31. The summed E-state index contributed by atoms with van der Waals surface area (Å²) in [5, 5.41) is 5.20. The molecule has 0 aliphatic carbocycles. The number of aromatic nitrogens is 3. The Bertz CT molecular complexity index is 1740. The number of hydrogen-bond donors (Lipinski definition) is 0. The van der Waals surface area contributed by atoms with Gasteiger partial charge in [0.25, 0.3) is 5.56 Å². The van der Waals surface area contributed by atoms with Crippen LogP contribution in [0.1, 0.15) is 48.1 Å². The average molecular weight is 662 g/mol. The molecule has 2 aromatic heterocycles. The van der Waals surface area contributed by atoms with Gasteiger partial charge in [-0.25, -0.2) is 4.98 Å². The van der Waals surface area contributed by atoms with Crippen molar-refractivity contribution in [3.63, 3.8) is 0 Å². The van der Waals surface area contributed by atoms with Crippen LogP contribution in [0.15, 0.2) is 91.6 Å². The van der Waals surface area contributed by atoms with E-state index >= 15 is 0 Å². The molecule has 5 aromatic rings. The molecule has 0 saturated heterocycles. The number of hydrogen-bond acceptors (Lipinski definition) is 4. The third-order valence-electron chi connectivity index (χ3n) is 6.83. The standard InChI is InChI=1S/C32H30Br2N4O2/c1-4-5-6-31-36-30-16-11-26(34)18-29(30)32(39)38(31)35-19-24-17-21(2)37(22(24)3)27-12-14-28(15-13-27)40-20-23-7-9-25(33)10-8-23/h7-19H,4-6,20H2,1-3H3. The monoisotopic (exact) mass is 660 g/mol. The largest absolute Gasteiger partial charge is 0.489 e. The summed E-state index contributed by atoms with van der Waals surface area (Å²) in [4.78, 5) is 18.2. The Balaban J connectivity index is 1.41. The lowest BCUT2D eigenvalue weighted by molar-refractivity contribution is 0.306. The zero-order valence-corrected chi connectivity index (χ0v) is 25.9. The third kappa shape index (κ3) is 6.13. The first-order valence-corrected chi connectivity index (χ1v) is 14.8. The average Bonchev–Trinajstić information content (AvgIpc) is 3.24. The Kier molecular flexibility index (Phi) is 8.66. The van der Waals surface area contributed by atoms with Crippen molar-refractivity contribution in [2.45, 2.75) is 46.6 Å². The molecule has 3 aromatic carbocycles. The summed E-state index contributed by atoms with van der Waals surface area (Å²) in [6.45, 7) is 6.76. The van der Waals surface area contributed by atoms with Crippen molar-refractivity contribution >= 4 is 49.0 Å². The number of ether oxygens (including phenoxy) is 1. The molecule has 204 valence electrons. The highest BCUT2D eigenvalue weighted by atomic mass is 79.9. The highest BCUT2D eigenvalue weighted by Crippen LogP contribution is 2.23. The summed E-state index contributed by atoms with van der Waals surface area (Å²) in [7, 11) is 0. The minimum Gasteiger partial charge on any atom is -0.489 e. The Morgan fingerprint density at radius 1 is 0.950 bits per heavy atom. The van der Waals surface area contributed by atoms with Crippen LogP contribution in [0.3, 0.4) is 0 Å². The van der Waals surface area contributed by atoms with Gasteiger partial charge in [-0.2, -0.15) is 9.78 Å².